The van der Waals surface area contributed by atoms with Crippen molar-refractivity contribution in [3.8, 4) is 0 Å². The summed E-state index contributed by atoms with van der Waals surface area (Å²) in [5.41, 5.74) is 7.02. The third-order valence-electron chi connectivity index (χ3n) is 6.41. The van der Waals surface area contributed by atoms with Gasteiger partial charge in [-0.2, -0.15) is 0 Å². The van der Waals surface area contributed by atoms with Gasteiger partial charge in [-0.3, -0.25) is 9.59 Å². The fourth-order valence-electron chi connectivity index (χ4n) is 4.82. The summed E-state index contributed by atoms with van der Waals surface area (Å²) in [5.74, 6) is 0.0943. The van der Waals surface area contributed by atoms with Gasteiger partial charge in [-0.05, 0) is 57.0 Å². The van der Waals surface area contributed by atoms with Gasteiger partial charge in [-0.15, -0.1) is 0 Å². The first-order chi connectivity index (χ1) is 16.1. The molecular formula is C26H36N4O3. The molecule has 2 amide bonds. The summed E-state index contributed by atoms with van der Waals surface area (Å²) in [6.45, 7) is 6.20. The highest BCUT2D eigenvalue weighted by molar-refractivity contribution is 5.94. The molecule has 0 radical (unpaired) electrons. The Morgan fingerprint density at radius 1 is 1.12 bits per heavy atom. The number of nitrogens with two attached hydrogens (primary N) is 1. The zero-order valence-electron chi connectivity index (χ0n) is 19.7. The molecule has 2 aliphatic rings. The summed E-state index contributed by atoms with van der Waals surface area (Å²) in [7, 11) is 1.50. The fraction of sp³-hybridized carbons (Fsp3) is 0.462. The van der Waals surface area contributed by atoms with Gasteiger partial charge >= 0.3 is 0 Å². The second-order valence-electron chi connectivity index (χ2n) is 8.67. The van der Waals surface area contributed by atoms with Crippen LogP contribution in [0.15, 0.2) is 54.6 Å². The van der Waals surface area contributed by atoms with E-state index < -0.39 is 0 Å². The number of carbonyl (C=O) groups excluding carboxylic acids is 2. The molecule has 1 unspecified atom stereocenters. The third-order valence-corrected chi connectivity index (χ3v) is 6.41. The monoisotopic (exact) mass is 452 g/mol. The highest BCUT2D eigenvalue weighted by Gasteiger charge is 2.43. The van der Waals surface area contributed by atoms with E-state index in [1.807, 2.05) is 53.4 Å². The molecule has 33 heavy (non-hydrogen) atoms. The molecule has 2 aliphatic heterocycles. The number of piperidine rings is 1. The number of nitrogens with zero attached hydrogens (tertiary/aromatic N) is 2. The van der Waals surface area contributed by atoms with Crippen LogP contribution in [-0.4, -0.2) is 73.6 Å². The van der Waals surface area contributed by atoms with Crippen molar-refractivity contribution in [2.75, 3.05) is 45.1 Å². The van der Waals surface area contributed by atoms with Crippen molar-refractivity contribution in [1.29, 1.82) is 0 Å². The molecule has 7 nitrogen and oxygen atoms in total. The minimum atomic E-state index is -0.254. The summed E-state index contributed by atoms with van der Waals surface area (Å²) in [6, 6.07) is 17.5. The van der Waals surface area contributed by atoms with E-state index in [-0.39, 0.29) is 17.6 Å². The lowest BCUT2D eigenvalue weighted by Gasteiger charge is -2.49. The minimum Gasteiger partial charge on any atom is -0.368 e. The molecule has 1 spiro atoms. The first kappa shape index (κ1) is 24.9. The Balaban J connectivity index is 0.00000149. The van der Waals surface area contributed by atoms with Crippen molar-refractivity contribution in [1.82, 2.24) is 9.80 Å². The highest BCUT2D eigenvalue weighted by atomic mass is 16.5. The van der Waals surface area contributed by atoms with E-state index in [4.69, 9.17) is 4.74 Å². The molecule has 3 N–H and O–H groups in total. The first-order valence-electron chi connectivity index (χ1n) is 11.7. The van der Waals surface area contributed by atoms with Gasteiger partial charge in [0.15, 0.2) is 0 Å². The number of benzene rings is 2. The van der Waals surface area contributed by atoms with Crippen LogP contribution in [0.4, 0.5) is 5.69 Å². The van der Waals surface area contributed by atoms with Crippen molar-refractivity contribution >= 4 is 18.0 Å². The van der Waals surface area contributed by atoms with Crippen molar-refractivity contribution in [3.05, 3.63) is 65.7 Å². The lowest BCUT2D eigenvalue weighted by Crippen LogP contribution is -2.60. The van der Waals surface area contributed by atoms with Gasteiger partial charge in [0.25, 0.3) is 5.91 Å². The Hall–Kier alpha value is -2.74. The second-order valence-corrected chi connectivity index (χ2v) is 8.67. The van der Waals surface area contributed by atoms with Gasteiger partial charge in [0, 0.05) is 37.4 Å². The van der Waals surface area contributed by atoms with Crippen LogP contribution in [0.3, 0.4) is 0 Å². The molecule has 178 valence electrons. The SMILES string of the molecule is CC1CN(C(=O)c2ccccc2)CC2(CCN(CCc3ccccc3NC=O)CC2)O1.CN. The number of nitrogens with one attached hydrogen (secondary N) is 1. The molecule has 0 saturated carbocycles. The van der Waals surface area contributed by atoms with Crippen molar-refractivity contribution in [2.24, 2.45) is 5.73 Å². The van der Waals surface area contributed by atoms with Crippen LogP contribution < -0.4 is 11.1 Å². The number of carbonyl (C=O) groups is 2. The van der Waals surface area contributed by atoms with E-state index in [2.05, 4.69) is 28.9 Å². The van der Waals surface area contributed by atoms with Gasteiger partial charge in [0.05, 0.1) is 18.2 Å². The predicted octanol–water partition coefficient (Wildman–Crippen LogP) is 2.77. The van der Waals surface area contributed by atoms with E-state index in [1.54, 1.807) is 0 Å². The topological polar surface area (TPSA) is 87.9 Å². The lowest BCUT2D eigenvalue weighted by molar-refractivity contribution is -0.161. The third kappa shape index (κ3) is 6.41. The Labute approximate surface area is 196 Å². The maximum atomic E-state index is 13.0. The average Bonchev–Trinajstić information content (AvgIpc) is 2.85. The van der Waals surface area contributed by atoms with Crippen LogP contribution in [0.1, 0.15) is 35.7 Å². The number of para-hydroxylation sites is 1. The van der Waals surface area contributed by atoms with E-state index in [9.17, 15) is 9.59 Å². The van der Waals surface area contributed by atoms with E-state index in [0.717, 1.165) is 62.1 Å². The van der Waals surface area contributed by atoms with E-state index >= 15 is 0 Å². The highest BCUT2D eigenvalue weighted by Crippen LogP contribution is 2.33. The maximum absolute atomic E-state index is 13.0. The molecule has 2 saturated heterocycles. The number of morpholine rings is 1. The number of hydrogen-bond acceptors (Lipinski definition) is 5. The van der Waals surface area contributed by atoms with Crippen molar-refractivity contribution in [2.45, 2.75) is 37.9 Å². The summed E-state index contributed by atoms with van der Waals surface area (Å²) in [5, 5.41) is 2.79. The smallest absolute Gasteiger partial charge is 0.254 e. The second kappa shape index (κ2) is 11.9. The normalized spacial score (nSPS) is 20.0. The number of hydrogen-bond donors (Lipinski definition) is 2. The van der Waals surface area contributed by atoms with Crippen LogP contribution in [0.25, 0.3) is 0 Å². The zero-order valence-corrected chi connectivity index (χ0v) is 19.7. The van der Waals surface area contributed by atoms with E-state index in [0.29, 0.717) is 13.1 Å². The molecular weight excluding hydrogens is 416 g/mol. The van der Waals surface area contributed by atoms with Gasteiger partial charge in [0.2, 0.25) is 6.41 Å². The van der Waals surface area contributed by atoms with Gasteiger partial charge in [0.1, 0.15) is 0 Å². The van der Waals surface area contributed by atoms with Crippen LogP contribution >= 0.6 is 0 Å². The van der Waals surface area contributed by atoms with Crippen LogP contribution in [0.2, 0.25) is 0 Å². The van der Waals surface area contributed by atoms with Gasteiger partial charge in [-0.1, -0.05) is 36.4 Å². The fourth-order valence-corrected chi connectivity index (χ4v) is 4.82. The Morgan fingerprint density at radius 2 is 1.79 bits per heavy atom. The number of ether oxygens (including phenoxy) is 1. The molecule has 0 bridgehead atoms. The minimum absolute atomic E-state index is 0.0363. The van der Waals surface area contributed by atoms with Crippen molar-refractivity contribution < 1.29 is 14.3 Å². The van der Waals surface area contributed by atoms with Crippen molar-refractivity contribution in [3.63, 3.8) is 0 Å². The van der Waals surface area contributed by atoms with Gasteiger partial charge in [-0.25, -0.2) is 0 Å². The quantitative estimate of drug-likeness (QED) is 0.658. The average molecular weight is 453 g/mol. The van der Waals surface area contributed by atoms with Crippen LogP contribution in [-0.2, 0) is 16.0 Å². The molecule has 1 atom stereocenters. The standard InChI is InChI=1S/C25H31N3O3.CH5N/c1-20-17-28(24(30)22-8-3-2-4-9-22)18-25(31-20)12-15-27(16-13-25)14-11-21-7-5-6-10-23(21)26-19-29;1-2/h2-10,19-20H,11-18H2,1H3,(H,26,29);2H2,1H3. The van der Waals surface area contributed by atoms with Gasteiger partial charge < -0.3 is 25.6 Å². The molecule has 7 heteroatoms. The summed E-state index contributed by atoms with van der Waals surface area (Å²) < 4.78 is 6.42. The number of anilines is 1. The van der Waals surface area contributed by atoms with E-state index in [1.165, 1.54) is 7.05 Å². The maximum Gasteiger partial charge on any atom is 0.254 e. The summed E-state index contributed by atoms with van der Waals surface area (Å²) >= 11 is 0. The van der Waals surface area contributed by atoms with Crippen LogP contribution in [0, 0.1) is 0 Å². The number of rotatable bonds is 6. The first-order valence-corrected chi connectivity index (χ1v) is 11.7. The molecule has 2 fully saturated rings. The molecule has 0 aromatic heterocycles. The molecule has 2 heterocycles. The molecule has 4 rings (SSSR count). The lowest BCUT2D eigenvalue weighted by atomic mass is 9.88. The van der Waals surface area contributed by atoms with Crippen LogP contribution in [0.5, 0.6) is 0 Å². The largest absolute Gasteiger partial charge is 0.368 e. The predicted molar refractivity (Wildman–Crippen MR) is 131 cm³/mol. The molecule has 2 aromatic carbocycles. The zero-order chi connectivity index (χ0) is 23.7. The molecule has 2 aromatic rings. The number of likely N-dealkylation sites (tertiary alicyclic amines) is 1. The Kier molecular flexibility index (Phi) is 9.00. The Morgan fingerprint density at radius 3 is 2.48 bits per heavy atom. The molecule has 0 aliphatic carbocycles. The number of amides is 2. The summed E-state index contributed by atoms with van der Waals surface area (Å²) in [4.78, 5) is 28.3. The summed E-state index contributed by atoms with van der Waals surface area (Å²) in [6.07, 6.45) is 3.50. The Bertz CT molecular complexity index is 897.